The topological polar surface area (TPSA) is 21.3 Å². The molecule has 1 N–H and O–H groups in total. The Morgan fingerprint density at radius 3 is 2.78 bits per heavy atom. The first-order chi connectivity index (χ1) is 8.57. The van der Waals surface area contributed by atoms with Gasteiger partial charge in [0.25, 0.3) is 0 Å². The molecule has 0 heterocycles. The Morgan fingerprint density at radius 2 is 2.11 bits per heavy atom. The summed E-state index contributed by atoms with van der Waals surface area (Å²) in [5, 5.41) is 3.35. The number of benzene rings is 1. The van der Waals surface area contributed by atoms with E-state index in [-0.39, 0.29) is 5.60 Å². The van der Waals surface area contributed by atoms with Gasteiger partial charge in [-0.1, -0.05) is 19.1 Å². The van der Waals surface area contributed by atoms with Crippen LogP contribution in [0.2, 0.25) is 0 Å². The largest absolute Gasteiger partial charge is 0.379 e. The highest BCUT2D eigenvalue weighted by molar-refractivity contribution is 7.99. The van der Waals surface area contributed by atoms with Crippen molar-refractivity contribution in [2.45, 2.75) is 44.2 Å². The van der Waals surface area contributed by atoms with Gasteiger partial charge in [0.2, 0.25) is 0 Å². The van der Waals surface area contributed by atoms with Crippen LogP contribution in [0.25, 0.3) is 0 Å². The van der Waals surface area contributed by atoms with Crippen LogP contribution in [0.4, 0.5) is 0 Å². The second-order valence-corrected chi connectivity index (χ2v) is 6.16. The average Bonchev–Trinajstić information content (AvgIpc) is 2.37. The molecule has 1 aromatic rings. The fraction of sp³-hybridized carbons (Fsp3) is 0.600. The highest BCUT2D eigenvalue weighted by atomic mass is 32.2. The van der Waals surface area contributed by atoms with Crippen molar-refractivity contribution in [3.63, 3.8) is 0 Å². The Bertz CT molecular complexity index is 352. The standard InChI is InChI=1S/C15H25NOS/c1-5-16-12-13-7-6-8-14(11-13)18-10-9-15(2,3)17-4/h6-8,11,16H,5,9-10,12H2,1-4H3. The van der Waals surface area contributed by atoms with Crippen LogP contribution < -0.4 is 5.32 Å². The number of methoxy groups -OCH3 is 1. The van der Waals surface area contributed by atoms with E-state index in [1.54, 1.807) is 7.11 Å². The number of rotatable bonds is 8. The summed E-state index contributed by atoms with van der Waals surface area (Å²) in [4.78, 5) is 1.34. The monoisotopic (exact) mass is 267 g/mol. The van der Waals surface area contributed by atoms with Gasteiger partial charge in [0.15, 0.2) is 0 Å². The minimum atomic E-state index is -0.0195. The summed E-state index contributed by atoms with van der Waals surface area (Å²) in [5.74, 6) is 1.09. The molecule has 0 atom stereocenters. The second kappa shape index (κ2) is 7.82. The van der Waals surface area contributed by atoms with Gasteiger partial charge in [-0.2, -0.15) is 0 Å². The zero-order chi connectivity index (χ0) is 13.4. The summed E-state index contributed by atoms with van der Waals surface area (Å²) in [6.45, 7) is 8.36. The van der Waals surface area contributed by atoms with Gasteiger partial charge in [-0.05, 0) is 44.5 Å². The summed E-state index contributed by atoms with van der Waals surface area (Å²) in [6, 6.07) is 8.76. The molecule has 0 aliphatic rings. The Labute approximate surface area is 116 Å². The van der Waals surface area contributed by atoms with Crippen molar-refractivity contribution in [1.29, 1.82) is 0 Å². The lowest BCUT2D eigenvalue weighted by Gasteiger charge is -2.22. The maximum absolute atomic E-state index is 5.43. The van der Waals surface area contributed by atoms with E-state index in [0.717, 1.165) is 25.3 Å². The van der Waals surface area contributed by atoms with Crippen LogP contribution in [0.3, 0.4) is 0 Å². The molecule has 3 heteroatoms. The van der Waals surface area contributed by atoms with Crippen molar-refractivity contribution in [1.82, 2.24) is 5.32 Å². The lowest BCUT2D eigenvalue weighted by molar-refractivity contribution is 0.0207. The number of nitrogens with one attached hydrogen (secondary N) is 1. The molecule has 1 rings (SSSR count). The fourth-order valence-electron chi connectivity index (χ4n) is 1.53. The van der Waals surface area contributed by atoms with Crippen molar-refractivity contribution in [3.8, 4) is 0 Å². The van der Waals surface area contributed by atoms with E-state index < -0.39 is 0 Å². The first kappa shape index (κ1) is 15.5. The molecule has 102 valence electrons. The molecule has 0 aromatic heterocycles. The predicted molar refractivity (Wildman–Crippen MR) is 80.3 cm³/mol. The molecule has 1 aromatic carbocycles. The second-order valence-electron chi connectivity index (χ2n) is 4.99. The summed E-state index contributed by atoms with van der Waals surface area (Å²) >= 11 is 1.90. The molecule has 0 bridgehead atoms. The number of hydrogen-bond acceptors (Lipinski definition) is 3. The van der Waals surface area contributed by atoms with Crippen molar-refractivity contribution >= 4 is 11.8 Å². The molecule has 0 aliphatic heterocycles. The van der Waals surface area contributed by atoms with E-state index in [0.29, 0.717) is 0 Å². The third kappa shape index (κ3) is 5.89. The molecule has 0 unspecified atom stereocenters. The number of hydrogen-bond donors (Lipinski definition) is 1. The molecule has 0 aliphatic carbocycles. The highest BCUT2D eigenvalue weighted by Crippen LogP contribution is 2.23. The molecule has 0 saturated heterocycles. The minimum Gasteiger partial charge on any atom is -0.379 e. The molecule has 0 amide bonds. The normalized spacial score (nSPS) is 11.8. The van der Waals surface area contributed by atoms with E-state index in [9.17, 15) is 0 Å². The summed E-state index contributed by atoms with van der Waals surface area (Å²) < 4.78 is 5.43. The first-order valence-corrected chi connectivity index (χ1v) is 7.53. The van der Waals surface area contributed by atoms with Gasteiger partial charge >= 0.3 is 0 Å². The Balaban J connectivity index is 2.42. The number of thioether (sulfide) groups is 1. The van der Waals surface area contributed by atoms with Gasteiger partial charge < -0.3 is 10.1 Å². The van der Waals surface area contributed by atoms with Crippen LogP contribution >= 0.6 is 11.8 Å². The summed E-state index contributed by atoms with van der Waals surface area (Å²) in [7, 11) is 1.78. The lowest BCUT2D eigenvalue weighted by atomic mass is 10.1. The van der Waals surface area contributed by atoms with E-state index in [1.807, 2.05) is 11.8 Å². The van der Waals surface area contributed by atoms with Crippen molar-refractivity contribution in [2.75, 3.05) is 19.4 Å². The van der Waals surface area contributed by atoms with E-state index >= 15 is 0 Å². The van der Waals surface area contributed by atoms with Crippen LogP contribution in [0.1, 0.15) is 32.8 Å². The maximum atomic E-state index is 5.43. The predicted octanol–water partition coefficient (Wildman–Crippen LogP) is 3.70. The van der Waals surface area contributed by atoms with Crippen molar-refractivity contribution in [3.05, 3.63) is 29.8 Å². The SMILES string of the molecule is CCNCc1cccc(SCCC(C)(C)OC)c1. The van der Waals surface area contributed by atoms with Crippen molar-refractivity contribution < 1.29 is 4.74 Å². The molecule has 0 fully saturated rings. The third-order valence-electron chi connectivity index (χ3n) is 3.00. The van der Waals surface area contributed by atoms with Gasteiger partial charge in [0, 0.05) is 24.3 Å². The molecule has 18 heavy (non-hydrogen) atoms. The summed E-state index contributed by atoms with van der Waals surface area (Å²) in [5.41, 5.74) is 1.34. The molecule has 2 nitrogen and oxygen atoms in total. The van der Waals surface area contributed by atoms with Crippen LogP contribution in [0.5, 0.6) is 0 Å². The Kier molecular flexibility index (Phi) is 6.76. The highest BCUT2D eigenvalue weighted by Gasteiger charge is 2.15. The zero-order valence-electron chi connectivity index (χ0n) is 12.0. The smallest absolute Gasteiger partial charge is 0.0630 e. The van der Waals surface area contributed by atoms with Crippen LogP contribution in [0, 0.1) is 0 Å². The van der Waals surface area contributed by atoms with Crippen LogP contribution in [-0.2, 0) is 11.3 Å². The average molecular weight is 267 g/mol. The molecular weight excluding hydrogens is 242 g/mol. The summed E-state index contributed by atoms with van der Waals surface area (Å²) in [6.07, 6.45) is 1.06. The Morgan fingerprint density at radius 1 is 1.33 bits per heavy atom. The minimum absolute atomic E-state index is 0.0195. The Hall–Kier alpha value is -0.510. The van der Waals surface area contributed by atoms with Gasteiger partial charge in [0.05, 0.1) is 5.60 Å². The molecule has 0 spiro atoms. The molecular formula is C15H25NOS. The van der Waals surface area contributed by atoms with Crippen LogP contribution in [0.15, 0.2) is 29.2 Å². The van der Waals surface area contributed by atoms with E-state index in [4.69, 9.17) is 4.74 Å². The van der Waals surface area contributed by atoms with Crippen LogP contribution in [-0.4, -0.2) is 25.0 Å². The molecule has 0 saturated carbocycles. The number of ether oxygens (including phenoxy) is 1. The molecule has 0 radical (unpaired) electrons. The van der Waals surface area contributed by atoms with Gasteiger partial charge in [-0.15, -0.1) is 11.8 Å². The van der Waals surface area contributed by atoms with E-state index in [1.165, 1.54) is 10.5 Å². The van der Waals surface area contributed by atoms with Gasteiger partial charge in [-0.25, -0.2) is 0 Å². The fourth-order valence-corrected chi connectivity index (χ4v) is 2.77. The lowest BCUT2D eigenvalue weighted by Crippen LogP contribution is -2.22. The maximum Gasteiger partial charge on any atom is 0.0630 e. The van der Waals surface area contributed by atoms with E-state index in [2.05, 4.69) is 50.4 Å². The quantitative estimate of drug-likeness (QED) is 0.726. The van der Waals surface area contributed by atoms with Gasteiger partial charge in [0.1, 0.15) is 0 Å². The zero-order valence-corrected chi connectivity index (χ0v) is 12.8. The van der Waals surface area contributed by atoms with Gasteiger partial charge in [-0.3, -0.25) is 0 Å². The van der Waals surface area contributed by atoms with Crippen molar-refractivity contribution in [2.24, 2.45) is 0 Å². The first-order valence-electron chi connectivity index (χ1n) is 6.55. The third-order valence-corrected chi connectivity index (χ3v) is 4.00.